The van der Waals surface area contributed by atoms with Gasteiger partial charge in [0.15, 0.2) is 5.76 Å². The zero-order valence-electron chi connectivity index (χ0n) is 31.3. The SMILES string of the molecule is COC1=CC[C@@H]([C@@H](C)/C=C(C)/C=C\C=C/C(=O)N[C@H](C(=O)N/C=C\C[C@H](C/C=C(\C)Cl)OC(=O)N(c2ccccc2)C(C)C)C(C)(C)C)OC1=O. The fraction of sp³-hybridized carbons (Fsp3) is 0.450. The minimum Gasteiger partial charge on any atom is -0.490 e. The van der Waals surface area contributed by atoms with Crippen molar-refractivity contribution in [3.05, 3.63) is 102 Å². The van der Waals surface area contributed by atoms with E-state index >= 15 is 0 Å². The van der Waals surface area contributed by atoms with Gasteiger partial charge >= 0.3 is 12.1 Å². The molecule has 0 aliphatic carbocycles. The smallest absolute Gasteiger partial charge is 0.414 e. The van der Waals surface area contributed by atoms with Gasteiger partial charge in [-0.2, -0.15) is 0 Å². The first-order valence-electron chi connectivity index (χ1n) is 17.1. The molecule has 1 aromatic rings. The second-order valence-corrected chi connectivity index (χ2v) is 14.3. The molecule has 278 valence electrons. The van der Waals surface area contributed by atoms with Crippen LogP contribution in [-0.2, 0) is 28.6 Å². The number of ether oxygens (including phenoxy) is 3. The fourth-order valence-electron chi connectivity index (χ4n) is 5.17. The highest BCUT2D eigenvalue weighted by Gasteiger charge is 2.32. The third-order valence-corrected chi connectivity index (χ3v) is 8.03. The lowest BCUT2D eigenvalue weighted by molar-refractivity contribution is -0.151. The molecule has 11 heteroatoms. The molecule has 4 atom stereocenters. The molecule has 1 aromatic carbocycles. The molecule has 1 aliphatic heterocycles. The Hall–Kier alpha value is -4.57. The summed E-state index contributed by atoms with van der Waals surface area (Å²) in [6.07, 6.45) is 15.2. The van der Waals surface area contributed by atoms with Gasteiger partial charge < -0.3 is 24.8 Å². The first-order chi connectivity index (χ1) is 24.0. The van der Waals surface area contributed by atoms with E-state index in [2.05, 4.69) is 10.6 Å². The summed E-state index contributed by atoms with van der Waals surface area (Å²) in [7, 11) is 1.44. The zero-order chi connectivity index (χ0) is 38.1. The Morgan fingerprint density at radius 3 is 2.31 bits per heavy atom. The molecule has 0 aromatic heterocycles. The van der Waals surface area contributed by atoms with Crippen molar-refractivity contribution in [1.29, 1.82) is 0 Å². The number of benzene rings is 1. The van der Waals surface area contributed by atoms with Crippen LogP contribution in [-0.4, -0.2) is 55.3 Å². The summed E-state index contributed by atoms with van der Waals surface area (Å²) < 4.78 is 16.3. The predicted molar refractivity (Wildman–Crippen MR) is 203 cm³/mol. The maximum atomic E-state index is 13.2. The van der Waals surface area contributed by atoms with E-state index in [1.807, 2.05) is 91.0 Å². The van der Waals surface area contributed by atoms with Crippen LogP contribution in [0.1, 0.15) is 74.7 Å². The molecule has 0 bridgehead atoms. The van der Waals surface area contributed by atoms with Crippen LogP contribution in [0.4, 0.5) is 10.5 Å². The molecule has 2 N–H and O–H groups in total. The monoisotopic (exact) mass is 723 g/mol. The summed E-state index contributed by atoms with van der Waals surface area (Å²) >= 11 is 6.07. The van der Waals surface area contributed by atoms with Gasteiger partial charge in [0, 0.05) is 48.0 Å². The Morgan fingerprint density at radius 2 is 1.73 bits per heavy atom. The normalized spacial score (nSPS) is 17.6. The largest absolute Gasteiger partial charge is 0.490 e. The Balaban J connectivity index is 1.99. The highest BCUT2D eigenvalue weighted by atomic mass is 35.5. The molecule has 0 fully saturated rings. The number of cyclic esters (lactones) is 1. The molecule has 0 saturated carbocycles. The summed E-state index contributed by atoms with van der Waals surface area (Å²) in [5.74, 6) is -1.09. The average Bonchev–Trinajstić information content (AvgIpc) is 3.05. The molecular formula is C40H54ClN3O7. The van der Waals surface area contributed by atoms with Crippen LogP contribution in [0, 0.1) is 11.3 Å². The minimum absolute atomic E-state index is 0.0249. The maximum absolute atomic E-state index is 13.2. The minimum atomic E-state index is -0.836. The number of nitrogens with zero attached hydrogens (tertiary/aromatic N) is 1. The van der Waals surface area contributed by atoms with E-state index < -0.39 is 35.5 Å². The third kappa shape index (κ3) is 15.1. The van der Waals surface area contributed by atoms with Gasteiger partial charge in [-0.05, 0) is 57.5 Å². The van der Waals surface area contributed by atoms with E-state index in [1.165, 1.54) is 19.4 Å². The second kappa shape index (κ2) is 20.9. The molecule has 2 rings (SSSR count). The van der Waals surface area contributed by atoms with Crippen LogP contribution < -0.4 is 15.5 Å². The van der Waals surface area contributed by atoms with E-state index in [9.17, 15) is 19.2 Å². The number of carbonyl (C=O) groups excluding carboxylic acids is 4. The van der Waals surface area contributed by atoms with Gasteiger partial charge in [0.2, 0.25) is 11.8 Å². The molecule has 3 amide bonds. The molecule has 51 heavy (non-hydrogen) atoms. The van der Waals surface area contributed by atoms with Crippen LogP contribution in [0.3, 0.4) is 0 Å². The lowest BCUT2D eigenvalue weighted by Crippen LogP contribution is -2.52. The Morgan fingerprint density at radius 1 is 1.06 bits per heavy atom. The number of methoxy groups -OCH3 is 1. The molecule has 0 spiro atoms. The van der Waals surface area contributed by atoms with Crippen molar-refractivity contribution in [2.24, 2.45) is 11.3 Å². The number of nitrogens with one attached hydrogen (secondary N) is 2. The highest BCUT2D eigenvalue weighted by molar-refractivity contribution is 6.29. The molecular weight excluding hydrogens is 670 g/mol. The first-order valence-corrected chi connectivity index (χ1v) is 17.5. The van der Waals surface area contributed by atoms with Crippen LogP contribution >= 0.6 is 11.6 Å². The third-order valence-electron chi connectivity index (χ3n) is 7.88. The Bertz CT molecular complexity index is 1520. The Labute approximate surface area is 308 Å². The van der Waals surface area contributed by atoms with Crippen molar-refractivity contribution in [3.8, 4) is 0 Å². The molecule has 1 heterocycles. The maximum Gasteiger partial charge on any atom is 0.414 e. The lowest BCUT2D eigenvalue weighted by Gasteiger charge is -2.29. The van der Waals surface area contributed by atoms with Crippen molar-refractivity contribution in [2.75, 3.05) is 12.0 Å². The van der Waals surface area contributed by atoms with Crippen LogP contribution in [0.2, 0.25) is 0 Å². The van der Waals surface area contributed by atoms with E-state index in [1.54, 1.807) is 42.2 Å². The van der Waals surface area contributed by atoms with Crippen LogP contribution in [0.5, 0.6) is 0 Å². The number of anilines is 1. The van der Waals surface area contributed by atoms with Gasteiger partial charge in [0.1, 0.15) is 18.2 Å². The van der Waals surface area contributed by atoms with E-state index in [0.717, 1.165) is 11.3 Å². The van der Waals surface area contributed by atoms with Crippen molar-refractivity contribution < 1.29 is 33.4 Å². The number of para-hydroxylation sites is 1. The number of amides is 3. The summed E-state index contributed by atoms with van der Waals surface area (Å²) in [6, 6.07) is 8.33. The molecule has 10 nitrogen and oxygen atoms in total. The first kappa shape index (κ1) is 42.6. The molecule has 0 radical (unpaired) electrons. The van der Waals surface area contributed by atoms with Gasteiger partial charge in [0.05, 0.1) is 7.11 Å². The average molecular weight is 724 g/mol. The second-order valence-electron chi connectivity index (χ2n) is 13.7. The van der Waals surface area contributed by atoms with Gasteiger partial charge in [-0.15, -0.1) is 0 Å². The van der Waals surface area contributed by atoms with E-state index in [4.69, 9.17) is 25.8 Å². The quantitative estimate of drug-likeness (QED) is 0.101. The number of rotatable bonds is 16. The summed E-state index contributed by atoms with van der Waals surface area (Å²) in [5.41, 5.74) is 1.07. The topological polar surface area (TPSA) is 123 Å². The van der Waals surface area contributed by atoms with E-state index in [0.29, 0.717) is 24.3 Å². The molecule has 1 aliphatic rings. The standard InChI is InChI=1S/C40H54ClN3O7/c1-27(2)44(31-17-11-10-12-18-31)39(48)50-32(22-21-30(5)41)19-15-25-42-37(46)36(40(6,7)8)43-35(45)20-14-13-16-28(3)26-29(4)33-23-24-34(49-9)38(47)51-33/h10-18,20-21,24-27,29,32-33,36H,19,22-23H2,1-9H3,(H,42,46)(H,43,45)/b16-13-,20-14-,25-15-,28-26+,30-21+/t29-,32+,33-,36+/m0/s1. The van der Waals surface area contributed by atoms with Crippen LogP contribution in [0.25, 0.3) is 0 Å². The van der Waals surface area contributed by atoms with Crippen LogP contribution in [0.15, 0.2) is 102 Å². The van der Waals surface area contributed by atoms with Gasteiger partial charge in [-0.3, -0.25) is 14.5 Å². The van der Waals surface area contributed by atoms with Gasteiger partial charge in [0.25, 0.3) is 0 Å². The number of halogens is 1. The fourth-order valence-corrected chi connectivity index (χ4v) is 5.25. The van der Waals surface area contributed by atoms with Crippen molar-refractivity contribution >= 4 is 41.2 Å². The summed E-state index contributed by atoms with van der Waals surface area (Å²) in [5, 5.41) is 6.13. The molecule has 0 saturated heterocycles. The van der Waals surface area contributed by atoms with E-state index in [-0.39, 0.29) is 29.7 Å². The number of allylic oxidation sites excluding steroid dienone is 5. The van der Waals surface area contributed by atoms with Crippen molar-refractivity contribution in [3.63, 3.8) is 0 Å². The molecule has 0 unspecified atom stereocenters. The number of esters is 1. The zero-order valence-corrected chi connectivity index (χ0v) is 32.0. The summed E-state index contributed by atoms with van der Waals surface area (Å²) in [4.78, 5) is 52.8. The number of hydrogen-bond acceptors (Lipinski definition) is 7. The van der Waals surface area contributed by atoms with Gasteiger partial charge in [-0.1, -0.05) is 99.5 Å². The number of hydrogen-bond donors (Lipinski definition) is 2. The Kier molecular flexibility index (Phi) is 17.5. The van der Waals surface area contributed by atoms with Gasteiger partial charge in [-0.25, -0.2) is 9.59 Å². The number of carbonyl (C=O) groups is 4. The lowest BCUT2D eigenvalue weighted by atomic mass is 9.86. The van der Waals surface area contributed by atoms with Crippen molar-refractivity contribution in [2.45, 2.75) is 98.9 Å². The highest BCUT2D eigenvalue weighted by Crippen LogP contribution is 2.24. The summed E-state index contributed by atoms with van der Waals surface area (Å²) in [6.45, 7) is 15.0. The predicted octanol–water partition coefficient (Wildman–Crippen LogP) is 8.03. The van der Waals surface area contributed by atoms with Crippen molar-refractivity contribution in [1.82, 2.24) is 10.6 Å².